The van der Waals surface area contributed by atoms with E-state index in [1.807, 2.05) is 19.1 Å². The first-order chi connectivity index (χ1) is 10.9. The van der Waals surface area contributed by atoms with Gasteiger partial charge in [-0.3, -0.25) is 9.78 Å². The monoisotopic (exact) mass is 356 g/mol. The Bertz CT molecular complexity index is 680. The second kappa shape index (κ2) is 7.58. The number of aliphatic hydroxyl groups is 1. The van der Waals surface area contributed by atoms with Gasteiger partial charge in [0.15, 0.2) is 0 Å². The fourth-order valence-corrected chi connectivity index (χ4v) is 4.45. The van der Waals surface area contributed by atoms with Gasteiger partial charge in [-0.2, -0.15) is 0 Å². The van der Waals surface area contributed by atoms with Crippen molar-refractivity contribution in [2.24, 2.45) is 11.8 Å². The maximum atomic E-state index is 12.2. The normalized spacial score (nSPS) is 26.5. The Labute approximate surface area is 166 Å². The van der Waals surface area contributed by atoms with Gasteiger partial charge in [0.05, 0.1) is 29.7 Å². The quantitative estimate of drug-likeness (QED) is 0.344. The third kappa shape index (κ3) is 3.15. The molecule has 2 aliphatic heterocycles. The molecule has 1 amide bonds. The second-order valence-corrected chi connectivity index (χ2v) is 6.94. The summed E-state index contributed by atoms with van der Waals surface area (Å²) in [5.41, 5.74) is 0.666. The summed E-state index contributed by atoms with van der Waals surface area (Å²) in [7, 11) is 0. The van der Waals surface area contributed by atoms with E-state index in [-0.39, 0.29) is 53.1 Å². The number of hydrogen-bond acceptors (Lipinski definition) is 6. The fourth-order valence-electron chi connectivity index (χ4n) is 3.42. The van der Waals surface area contributed by atoms with Crippen molar-refractivity contribution < 1.29 is 49.4 Å². The number of pyridine rings is 1. The summed E-state index contributed by atoms with van der Waals surface area (Å²) in [6.07, 6.45) is 2.56. The molecule has 0 spiro atoms. The molecule has 0 aromatic carbocycles. The van der Waals surface area contributed by atoms with Crippen LogP contribution in [-0.4, -0.2) is 44.8 Å². The standard InChI is InChI=1S/C16H18N2O4S.Na/c1-8-11(7-23-10-3-5-17-6-4-10)14(16(21)22)18-13(8)12(9(2)19)15(18)20;/h3-6,8-9,12-13,19H,7H2,1-2H3,(H,21,22);/q;+1/p-1/t8-,9+,12+,13+;/m0./s1. The van der Waals surface area contributed by atoms with Crippen LogP contribution in [0, 0.1) is 11.8 Å². The topological polar surface area (TPSA) is 93.6 Å². The smallest absolute Gasteiger partial charge is 0.543 e. The largest absolute Gasteiger partial charge is 1.00 e. The Morgan fingerprint density at radius 2 is 2.08 bits per heavy atom. The molecule has 4 atom stereocenters. The molecule has 1 aromatic heterocycles. The van der Waals surface area contributed by atoms with Crippen molar-refractivity contribution >= 4 is 23.6 Å². The van der Waals surface area contributed by atoms with Crippen LogP contribution in [0.15, 0.2) is 40.7 Å². The number of hydrogen-bond donors (Lipinski definition) is 1. The van der Waals surface area contributed by atoms with Crippen molar-refractivity contribution in [3.63, 3.8) is 0 Å². The summed E-state index contributed by atoms with van der Waals surface area (Å²) in [4.78, 5) is 29.9. The summed E-state index contributed by atoms with van der Waals surface area (Å²) in [5.74, 6) is -1.86. The molecule has 0 radical (unpaired) electrons. The van der Waals surface area contributed by atoms with Crippen molar-refractivity contribution in [2.45, 2.75) is 30.9 Å². The number of nitrogens with zero attached hydrogens (tertiary/aromatic N) is 2. The van der Waals surface area contributed by atoms with E-state index in [0.29, 0.717) is 11.3 Å². The van der Waals surface area contributed by atoms with Gasteiger partial charge in [0, 0.05) is 29.0 Å². The zero-order valence-electron chi connectivity index (χ0n) is 13.8. The van der Waals surface area contributed by atoms with E-state index >= 15 is 0 Å². The molecule has 1 aromatic rings. The molecule has 1 N–H and O–H groups in total. The first-order valence-corrected chi connectivity index (χ1v) is 8.40. The number of fused-ring (bicyclic) bond motifs is 1. The van der Waals surface area contributed by atoms with E-state index in [2.05, 4.69) is 4.98 Å². The Morgan fingerprint density at radius 3 is 2.62 bits per heavy atom. The predicted octanol–water partition coefficient (Wildman–Crippen LogP) is -2.96. The van der Waals surface area contributed by atoms with Crippen LogP contribution in [0.4, 0.5) is 0 Å². The molecule has 0 saturated carbocycles. The van der Waals surface area contributed by atoms with Gasteiger partial charge >= 0.3 is 29.6 Å². The van der Waals surface area contributed by atoms with Gasteiger partial charge in [0.1, 0.15) is 0 Å². The molecular weight excluding hydrogens is 339 g/mol. The maximum absolute atomic E-state index is 12.2. The van der Waals surface area contributed by atoms with E-state index in [1.165, 1.54) is 16.7 Å². The van der Waals surface area contributed by atoms with Crippen LogP contribution in [-0.2, 0) is 9.59 Å². The number of amides is 1. The van der Waals surface area contributed by atoms with Gasteiger partial charge in [0.2, 0.25) is 5.91 Å². The Balaban J connectivity index is 0.00000208. The summed E-state index contributed by atoms with van der Waals surface area (Å²) >= 11 is 1.50. The van der Waals surface area contributed by atoms with Crippen molar-refractivity contribution in [2.75, 3.05) is 5.75 Å². The van der Waals surface area contributed by atoms with E-state index in [0.717, 1.165) is 4.90 Å². The molecule has 8 heteroatoms. The van der Waals surface area contributed by atoms with Crippen LogP contribution < -0.4 is 34.7 Å². The van der Waals surface area contributed by atoms with Crippen molar-refractivity contribution in [3.05, 3.63) is 35.8 Å². The van der Waals surface area contributed by atoms with Gasteiger partial charge < -0.3 is 19.9 Å². The molecule has 1 saturated heterocycles. The van der Waals surface area contributed by atoms with Gasteiger partial charge in [-0.25, -0.2) is 0 Å². The van der Waals surface area contributed by atoms with Crippen LogP contribution >= 0.6 is 11.8 Å². The van der Waals surface area contributed by atoms with Gasteiger partial charge in [-0.15, -0.1) is 11.8 Å². The Morgan fingerprint density at radius 1 is 1.46 bits per heavy atom. The predicted molar refractivity (Wildman–Crippen MR) is 82.0 cm³/mol. The van der Waals surface area contributed by atoms with Gasteiger partial charge in [0.25, 0.3) is 0 Å². The average molecular weight is 356 g/mol. The minimum atomic E-state index is -1.33. The number of carboxylic acids is 1. The number of carboxylic acid groups (broad SMARTS) is 1. The molecule has 6 nitrogen and oxygen atoms in total. The van der Waals surface area contributed by atoms with Crippen LogP contribution in [0.2, 0.25) is 0 Å². The molecular formula is C16H17N2NaO4S. The minimum Gasteiger partial charge on any atom is -0.543 e. The molecule has 122 valence electrons. The van der Waals surface area contributed by atoms with Crippen molar-refractivity contribution in [1.82, 2.24) is 9.88 Å². The zero-order chi connectivity index (χ0) is 16.7. The van der Waals surface area contributed by atoms with Crippen molar-refractivity contribution in [3.8, 4) is 0 Å². The number of aromatic nitrogens is 1. The molecule has 2 aliphatic rings. The molecule has 3 rings (SSSR count). The maximum Gasteiger partial charge on any atom is 1.00 e. The number of aliphatic hydroxyl groups excluding tert-OH is 1. The number of carbonyl (C=O) groups is 2. The third-order valence-corrected chi connectivity index (χ3v) is 5.61. The first kappa shape index (κ1) is 19.5. The average Bonchev–Trinajstić information content (AvgIpc) is 2.75. The Kier molecular flexibility index (Phi) is 6.14. The SMILES string of the molecule is C[C@@H](O)[C@H]1C(=O)N2C(C(=O)[O-])=C(CSc3ccncc3)[C@H](C)[C@H]12.[Na+]. The number of aliphatic carboxylic acids is 1. The summed E-state index contributed by atoms with van der Waals surface area (Å²) in [6, 6.07) is 3.41. The summed E-state index contributed by atoms with van der Waals surface area (Å²) in [5, 5.41) is 21.3. The Hall–Kier alpha value is -0.860. The number of thioether (sulfide) groups is 1. The van der Waals surface area contributed by atoms with Gasteiger partial charge in [-0.05, 0) is 24.6 Å². The van der Waals surface area contributed by atoms with Gasteiger partial charge in [-0.1, -0.05) is 6.92 Å². The second-order valence-electron chi connectivity index (χ2n) is 5.89. The third-order valence-electron chi connectivity index (χ3n) is 4.55. The fraction of sp³-hybridized carbons (Fsp3) is 0.438. The molecule has 0 aliphatic carbocycles. The minimum absolute atomic E-state index is 0. The van der Waals surface area contributed by atoms with E-state index < -0.39 is 18.0 Å². The summed E-state index contributed by atoms with van der Waals surface area (Å²) < 4.78 is 0. The molecule has 0 bridgehead atoms. The zero-order valence-corrected chi connectivity index (χ0v) is 16.6. The summed E-state index contributed by atoms with van der Waals surface area (Å²) in [6.45, 7) is 3.47. The van der Waals surface area contributed by atoms with Crippen LogP contribution in [0.5, 0.6) is 0 Å². The molecule has 0 unspecified atom stereocenters. The first-order valence-electron chi connectivity index (χ1n) is 7.41. The van der Waals surface area contributed by atoms with Crippen LogP contribution in [0.25, 0.3) is 0 Å². The number of rotatable bonds is 5. The van der Waals surface area contributed by atoms with Crippen LogP contribution in [0.3, 0.4) is 0 Å². The van der Waals surface area contributed by atoms with Crippen molar-refractivity contribution in [1.29, 1.82) is 0 Å². The van der Waals surface area contributed by atoms with E-state index in [1.54, 1.807) is 19.3 Å². The number of carbonyl (C=O) groups excluding carboxylic acids is 2. The van der Waals surface area contributed by atoms with Crippen LogP contribution in [0.1, 0.15) is 13.8 Å². The van der Waals surface area contributed by atoms with E-state index in [9.17, 15) is 19.8 Å². The van der Waals surface area contributed by atoms with E-state index in [4.69, 9.17) is 0 Å². The molecule has 24 heavy (non-hydrogen) atoms. The molecule has 3 heterocycles. The molecule has 1 fully saturated rings. The number of β-lactam (4-membered cyclic amide) rings is 1.